The quantitative estimate of drug-likeness (QED) is 0.633. The van der Waals surface area contributed by atoms with Crippen molar-refractivity contribution in [2.75, 3.05) is 46.9 Å². The Morgan fingerprint density at radius 2 is 1.72 bits per heavy atom. The van der Waals surface area contributed by atoms with E-state index in [1.165, 1.54) is 0 Å². The molecule has 0 unspecified atom stereocenters. The predicted octanol–water partition coefficient (Wildman–Crippen LogP) is 3.30. The first-order valence-corrected chi connectivity index (χ1v) is 11.0. The lowest BCUT2D eigenvalue weighted by atomic mass is 9.96. The number of nitrogens with one attached hydrogen (secondary N) is 1. The zero-order valence-electron chi connectivity index (χ0n) is 17.8. The van der Waals surface area contributed by atoms with Crippen molar-refractivity contribution >= 4 is 27.9 Å². The maximum atomic E-state index is 12.5. The van der Waals surface area contributed by atoms with E-state index in [-0.39, 0.29) is 17.9 Å². The molecule has 1 saturated heterocycles. The lowest BCUT2D eigenvalue weighted by Crippen LogP contribution is -2.48. The number of likely N-dealkylation sites (tertiary alicyclic amines) is 1. The van der Waals surface area contributed by atoms with E-state index in [0.29, 0.717) is 63.5 Å². The highest BCUT2D eigenvalue weighted by molar-refractivity contribution is 9.10. The van der Waals surface area contributed by atoms with Gasteiger partial charge in [-0.25, -0.2) is 4.79 Å². The van der Waals surface area contributed by atoms with E-state index in [9.17, 15) is 9.59 Å². The Balaban J connectivity index is 1.82. The molecule has 0 atom stereocenters. The maximum Gasteiger partial charge on any atom is 0.319 e. The minimum Gasteiger partial charge on any atom is -0.493 e. The number of piperidine rings is 1. The molecule has 7 nitrogen and oxygen atoms in total. The molecule has 1 fully saturated rings. The highest BCUT2D eigenvalue weighted by Crippen LogP contribution is 2.33. The normalized spacial score (nSPS) is 14.4. The Morgan fingerprint density at radius 3 is 2.28 bits per heavy atom. The first-order chi connectivity index (χ1) is 13.9. The molecule has 1 aliphatic rings. The number of carbonyl (C=O) groups excluding carboxylic acids is 2. The number of benzene rings is 1. The smallest absolute Gasteiger partial charge is 0.319 e. The first kappa shape index (κ1) is 23.3. The summed E-state index contributed by atoms with van der Waals surface area (Å²) in [6.45, 7) is 7.20. The van der Waals surface area contributed by atoms with Crippen molar-refractivity contribution in [1.29, 1.82) is 0 Å². The molecule has 0 aromatic heterocycles. The number of hydrogen-bond donors (Lipinski definition) is 1. The van der Waals surface area contributed by atoms with Crippen molar-refractivity contribution in [1.82, 2.24) is 15.1 Å². The summed E-state index contributed by atoms with van der Waals surface area (Å²) in [6.07, 6.45) is 2.10. The summed E-state index contributed by atoms with van der Waals surface area (Å²) >= 11 is 3.55. The average molecular weight is 470 g/mol. The number of urea groups is 1. The van der Waals surface area contributed by atoms with Crippen LogP contribution in [0, 0.1) is 5.92 Å². The van der Waals surface area contributed by atoms with E-state index in [1.807, 2.05) is 35.8 Å². The van der Waals surface area contributed by atoms with E-state index in [1.54, 1.807) is 14.2 Å². The molecule has 1 aliphatic heterocycles. The third-order valence-corrected chi connectivity index (χ3v) is 6.15. The molecular weight excluding hydrogens is 438 g/mol. The fourth-order valence-corrected chi connectivity index (χ4v) is 4.10. The van der Waals surface area contributed by atoms with Crippen molar-refractivity contribution in [3.05, 3.63) is 22.2 Å². The summed E-state index contributed by atoms with van der Waals surface area (Å²) in [5.74, 6) is 1.36. The van der Waals surface area contributed by atoms with Crippen LogP contribution in [0.2, 0.25) is 0 Å². The van der Waals surface area contributed by atoms with Gasteiger partial charge < -0.3 is 24.6 Å². The zero-order chi connectivity index (χ0) is 21.4. The van der Waals surface area contributed by atoms with Gasteiger partial charge in [-0.2, -0.15) is 0 Å². The Kier molecular flexibility index (Phi) is 9.07. The minimum absolute atomic E-state index is 0.0374. The lowest BCUT2D eigenvalue weighted by Gasteiger charge is -2.34. The molecule has 0 saturated carbocycles. The minimum atomic E-state index is -0.0374. The van der Waals surface area contributed by atoms with Gasteiger partial charge in [0.2, 0.25) is 5.91 Å². The summed E-state index contributed by atoms with van der Waals surface area (Å²) in [7, 11) is 3.21. The largest absolute Gasteiger partial charge is 0.493 e. The predicted molar refractivity (Wildman–Crippen MR) is 117 cm³/mol. The number of nitrogens with zero attached hydrogens (tertiary/aromatic N) is 2. The van der Waals surface area contributed by atoms with Gasteiger partial charge >= 0.3 is 6.03 Å². The molecule has 0 spiro atoms. The van der Waals surface area contributed by atoms with Crippen LogP contribution >= 0.6 is 15.9 Å². The molecular formula is C21H32BrN3O4. The fraction of sp³-hybridized carbons (Fsp3) is 0.619. The van der Waals surface area contributed by atoms with Crippen molar-refractivity contribution in [3.63, 3.8) is 0 Å². The number of ether oxygens (including phenoxy) is 2. The number of hydrogen-bond acceptors (Lipinski definition) is 4. The van der Waals surface area contributed by atoms with Gasteiger partial charge in [-0.1, -0.05) is 15.9 Å². The molecule has 29 heavy (non-hydrogen) atoms. The standard InChI is InChI=1S/C21H32BrN3O4/c1-5-24(6-2)21(27)25-11-8-15(9-12-25)20(26)23-10-7-16-13-18(28-3)19(29-4)14-17(16)22/h13-15H,5-12H2,1-4H3,(H,23,26). The van der Waals surface area contributed by atoms with Crippen molar-refractivity contribution in [2.45, 2.75) is 33.1 Å². The van der Waals surface area contributed by atoms with E-state index in [0.717, 1.165) is 10.0 Å². The molecule has 1 heterocycles. The third-order valence-electron chi connectivity index (χ3n) is 5.42. The molecule has 162 valence electrons. The first-order valence-electron chi connectivity index (χ1n) is 10.2. The van der Waals surface area contributed by atoms with Crippen molar-refractivity contribution in [3.8, 4) is 11.5 Å². The average Bonchev–Trinajstić information content (AvgIpc) is 2.75. The molecule has 1 aromatic rings. The summed E-state index contributed by atoms with van der Waals surface area (Å²) in [5.41, 5.74) is 1.04. The molecule has 8 heteroatoms. The van der Waals surface area contributed by atoms with Crippen LogP contribution in [0.15, 0.2) is 16.6 Å². The number of methoxy groups -OCH3 is 2. The van der Waals surface area contributed by atoms with Gasteiger partial charge in [0.05, 0.1) is 14.2 Å². The summed E-state index contributed by atoms with van der Waals surface area (Å²) < 4.78 is 11.6. The van der Waals surface area contributed by atoms with Crippen LogP contribution in [0.1, 0.15) is 32.3 Å². The van der Waals surface area contributed by atoms with Crippen LogP contribution < -0.4 is 14.8 Å². The van der Waals surface area contributed by atoms with Gasteiger partial charge in [0.1, 0.15) is 0 Å². The Bertz CT molecular complexity index is 701. The Morgan fingerprint density at radius 1 is 1.14 bits per heavy atom. The van der Waals surface area contributed by atoms with Gasteiger partial charge in [0.25, 0.3) is 0 Å². The maximum absolute atomic E-state index is 12.5. The van der Waals surface area contributed by atoms with Crippen LogP contribution in [0.5, 0.6) is 11.5 Å². The number of amides is 3. The van der Waals surface area contributed by atoms with Crippen molar-refractivity contribution < 1.29 is 19.1 Å². The SMILES string of the molecule is CCN(CC)C(=O)N1CCC(C(=O)NCCc2cc(OC)c(OC)cc2Br)CC1. The zero-order valence-corrected chi connectivity index (χ0v) is 19.4. The Hall–Kier alpha value is -1.96. The van der Waals surface area contributed by atoms with Gasteiger partial charge in [-0.05, 0) is 50.8 Å². The second-order valence-corrected chi connectivity index (χ2v) is 7.91. The van der Waals surface area contributed by atoms with E-state index >= 15 is 0 Å². The van der Waals surface area contributed by atoms with Gasteiger partial charge in [-0.3, -0.25) is 4.79 Å². The highest BCUT2D eigenvalue weighted by atomic mass is 79.9. The van der Waals surface area contributed by atoms with Crippen LogP contribution in [0.25, 0.3) is 0 Å². The van der Waals surface area contributed by atoms with Crippen LogP contribution in [-0.2, 0) is 11.2 Å². The van der Waals surface area contributed by atoms with E-state index in [2.05, 4.69) is 21.2 Å². The van der Waals surface area contributed by atoms with Gasteiger partial charge in [0.15, 0.2) is 11.5 Å². The molecule has 1 aromatic carbocycles. The monoisotopic (exact) mass is 469 g/mol. The summed E-state index contributed by atoms with van der Waals surface area (Å²) in [6, 6.07) is 3.87. The van der Waals surface area contributed by atoms with Gasteiger partial charge in [-0.15, -0.1) is 0 Å². The summed E-state index contributed by atoms with van der Waals surface area (Å²) in [5, 5.41) is 3.04. The number of halogens is 1. The van der Waals surface area contributed by atoms with Crippen molar-refractivity contribution in [2.24, 2.45) is 5.92 Å². The van der Waals surface area contributed by atoms with Crippen LogP contribution in [0.3, 0.4) is 0 Å². The second-order valence-electron chi connectivity index (χ2n) is 7.06. The Labute approximate surface area is 181 Å². The summed E-state index contributed by atoms with van der Waals surface area (Å²) in [4.78, 5) is 28.6. The molecule has 3 amide bonds. The molecule has 0 radical (unpaired) electrons. The third kappa shape index (κ3) is 6.01. The topological polar surface area (TPSA) is 71.1 Å². The number of carbonyl (C=O) groups is 2. The van der Waals surface area contributed by atoms with Gasteiger partial charge in [0, 0.05) is 43.1 Å². The van der Waals surface area contributed by atoms with Crippen LogP contribution in [0.4, 0.5) is 4.79 Å². The second kappa shape index (κ2) is 11.3. The molecule has 0 bridgehead atoms. The fourth-order valence-electron chi connectivity index (χ4n) is 3.58. The molecule has 2 rings (SSSR count). The highest BCUT2D eigenvalue weighted by Gasteiger charge is 2.28. The molecule has 1 N–H and O–H groups in total. The van der Waals surface area contributed by atoms with Crippen LogP contribution in [-0.4, -0.2) is 68.7 Å². The number of rotatable bonds is 8. The molecule has 0 aliphatic carbocycles. The van der Waals surface area contributed by atoms with E-state index in [4.69, 9.17) is 9.47 Å². The van der Waals surface area contributed by atoms with E-state index < -0.39 is 0 Å². The lowest BCUT2D eigenvalue weighted by molar-refractivity contribution is -0.126.